The molecule has 0 amide bonds. The molecule has 19 heavy (non-hydrogen) atoms. The number of nitrogens with zero attached hydrogens (tertiary/aromatic N) is 2. The molecule has 96 valence electrons. The van der Waals surface area contributed by atoms with Crippen LogP contribution in [-0.4, -0.2) is 22.3 Å². The fourth-order valence-corrected chi connectivity index (χ4v) is 2.00. The molecule has 0 saturated heterocycles. The molecule has 0 unspecified atom stereocenters. The van der Waals surface area contributed by atoms with Gasteiger partial charge in [-0.15, -0.1) is 0 Å². The summed E-state index contributed by atoms with van der Waals surface area (Å²) in [7, 11) is 1.62. The van der Waals surface area contributed by atoms with Gasteiger partial charge in [0.25, 0.3) is 0 Å². The highest BCUT2D eigenvalue weighted by Crippen LogP contribution is 2.27. The summed E-state index contributed by atoms with van der Waals surface area (Å²) in [5, 5.41) is 12.2. The van der Waals surface area contributed by atoms with Crippen LogP contribution in [0.15, 0.2) is 36.4 Å². The van der Waals surface area contributed by atoms with E-state index in [0.717, 1.165) is 22.3 Å². The first-order valence-corrected chi connectivity index (χ1v) is 5.99. The molecular weight excluding hydrogens is 240 g/mol. The highest BCUT2D eigenvalue weighted by atomic mass is 16.5. The Bertz CT molecular complexity index is 720. The number of hydrogen-bond acceptors (Lipinski definition) is 4. The number of fused-ring (bicyclic) bond motifs is 1. The van der Waals surface area contributed by atoms with E-state index in [0.29, 0.717) is 11.7 Å². The van der Waals surface area contributed by atoms with E-state index in [2.05, 4.69) is 20.5 Å². The number of hydrogen-bond donors (Lipinski definition) is 2. The molecule has 2 heterocycles. The predicted molar refractivity (Wildman–Crippen MR) is 74.9 cm³/mol. The number of benzene rings is 1. The van der Waals surface area contributed by atoms with Crippen LogP contribution in [0.4, 0.5) is 11.6 Å². The monoisotopic (exact) mass is 254 g/mol. The number of methoxy groups -OCH3 is 1. The summed E-state index contributed by atoms with van der Waals surface area (Å²) in [4.78, 5) is 4.44. The summed E-state index contributed by atoms with van der Waals surface area (Å²) in [6.07, 6.45) is 0. The minimum absolute atomic E-state index is 0.604. The number of pyridine rings is 1. The third kappa shape index (κ3) is 2.22. The number of anilines is 2. The lowest BCUT2D eigenvalue weighted by molar-refractivity contribution is 0.404. The lowest BCUT2D eigenvalue weighted by Gasteiger charge is -2.08. The Morgan fingerprint density at radius 1 is 1.16 bits per heavy atom. The zero-order valence-electron chi connectivity index (χ0n) is 10.8. The average Bonchev–Trinajstić information content (AvgIpc) is 2.83. The van der Waals surface area contributed by atoms with Crippen molar-refractivity contribution in [2.75, 3.05) is 12.4 Å². The van der Waals surface area contributed by atoms with E-state index in [9.17, 15) is 0 Å². The Morgan fingerprint density at radius 3 is 2.74 bits per heavy atom. The van der Waals surface area contributed by atoms with Crippen LogP contribution in [0.5, 0.6) is 5.88 Å². The summed E-state index contributed by atoms with van der Waals surface area (Å²) in [5.74, 6) is 2.05. The summed E-state index contributed by atoms with van der Waals surface area (Å²) in [6, 6.07) is 11.9. The van der Waals surface area contributed by atoms with Crippen molar-refractivity contribution in [2.45, 2.75) is 6.92 Å². The van der Waals surface area contributed by atoms with Crippen LogP contribution in [0, 0.1) is 6.92 Å². The van der Waals surface area contributed by atoms with Crippen molar-refractivity contribution in [2.24, 2.45) is 0 Å². The van der Waals surface area contributed by atoms with Crippen molar-refractivity contribution in [3.05, 3.63) is 42.1 Å². The van der Waals surface area contributed by atoms with E-state index in [-0.39, 0.29) is 0 Å². The Balaban J connectivity index is 2.04. The van der Waals surface area contributed by atoms with Crippen LogP contribution in [0.1, 0.15) is 5.69 Å². The van der Waals surface area contributed by atoms with E-state index >= 15 is 0 Å². The molecule has 2 N–H and O–H groups in total. The van der Waals surface area contributed by atoms with Crippen molar-refractivity contribution >= 4 is 22.4 Å². The smallest absolute Gasteiger partial charge is 0.223 e. The van der Waals surface area contributed by atoms with Gasteiger partial charge in [-0.1, -0.05) is 18.2 Å². The molecule has 0 spiro atoms. The molecule has 2 aromatic heterocycles. The lowest BCUT2D eigenvalue weighted by atomic mass is 10.1. The molecule has 5 nitrogen and oxygen atoms in total. The third-order valence-corrected chi connectivity index (χ3v) is 2.86. The molecule has 0 fully saturated rings. The molecule has 0 aliphatic heterocycles. The van der Waals surface area contributed by atoms with E-state index in [1.807, 2.05) is 43.3 Å². The molecular formula is C14H14N4O. The number of aryl methyl sites for hydroxylation is 1. The third-order valence-electron chi connectivity index (χ3n) is 2.86. The first-order chi connectivity index (χ1) is 9.26. The predicted octanol–water partition coefficient (Wildman–Crippen LogP) is 3.02. The second kappa shape index (κ2) is 4.61. The van der Waals surface area contributed by atoms with Crippen LogP contribution in [-0.2, 0) is 0 Å². The highest BCUT2D eigenvalue weighted by molar-refractivity contribution is 5.89. The molecule has 3 rings (SSSR count). The van der Waals surface area contributed by atoms with Gasteiger partial charge in [0.05, 0.1) is 7.11 Å². The Labute approximate surface area is 110 Å². The van der Waals surface area contributed by atoms with Gasteiger partial charge in [0.15, 0.2) is 5.82 Å². The van der Waals surface area contributed by atoms with Crippen molar-refractivity contribution < 1.29 is 4.74 Å². The van der Waals surface area contributed by atoms with Gasteiger partial charge in [-0.3, -0.25) is 5.10 Å². The molecule has 3 aromatic rings. The van der Waals surface area contributed by atoms with Gasteiger partial charge in [0.1, 0.15) is 5.82 Å². The molecule has 5 heteroatoms. The SMILES string of the molecule is COc1nc(Nc2cc(C)[nH]n2)cc2ccccc12. The fourth-order valence-electron chi connectivity index (χ4n) is 2.00. The highest BCUT2D eigenvalue weighted by Gasteiger charge is 2.07. The van der Waals surface area contributed by atoms with Crippen LogP contribution >= 0.6 is 0 Å². The summed E-state index contributed by atoms with van der Waals surface area (Å²) < 4.78 is 5.33. The second-order valence-corrected chi connectivity index (χ2v) is 4.30. The van der Waals surface area contributed by atoms with Gasteiger partial charge in [-0.05, 0) is 24.4 Å². The van der Waals surface area contributed by atoms with E-state index in [4.69, 9.17) is 4.74 Å². The quantitative estimate of drug-likeness (QED) is 0.754. The first kappa shape index (κ1) is 11.5. The maximum Gasteiger partial charge on any atom is 0.223 e. The zero-order chi connectivity index (χ0) is 13.2. The van der Waals surface area contributed by atoms with Gasteiger partial charge in [0, 0.05) is 17.1 Å². The van der Waals surface area contributed by atoms with Crippen molar-refractivity contribution in [3.63, 3.8) is 0 Å². The van der Waals surface area contributed by atoms with Crippen molar-refractivity contribution in [3.8, 4) is 5.88 Å². The minimum Gasteiger partial charge on any atom is -0.480 e. The molecule has 1 aromatic carbocycles. The number of ether oxygens (including phenoxy) is 1. The Morgan fingerprint density at radius 2 is 2.00 bits per heavy atom. The van der Waals surface area contributed by atoms with Crippen LogP contribution in [0.25, 0.3) is 10.8 Å². The van der Waals surface area contributed by atoms with E-state index in [1.54, 1.807) is 7.11 Å². The summed E-state index contributed by atoms with van der Waals surface area (Å²) in [5.41, 5.74) is 0.996. The summed E-state index contributed by atoms with van der Waals surface area (Å²) >= 11 is 0. The van der Waals surface area contributed by atoms with Crippen LogP contribution in [0.2, 0.25) is 0 Å². The normalized spacial score (nSPS) is 10.6. The summed E-state index contributed by atoms with van der Waals surface area (Å²) in [6.45, 7) is 1.95. The molecule has 0 atom stereocenters. The fraction of sp³-hybridized carbons (Fsp3) is 0.143. The largest absolute Gasteiger partial charge is 0.480 e. The zero-order valence-corrected chi connectivity index (χ0v) is 10.8. The van der Waals surface area contributed by atoms with Gasteiger partial charge >= 0.3 is 0 Å². The topological polar surface area (TPSA) is 62.8 Å². The average molecular weight is 254 g/mol. The van der Waals surface area contributed by atoms with Gasteiger partial charge < -0.3 is 10.1 Å². The maximum absolute atomic E-state index is 5.33. The number of aromatic nitrogens is 3. The standard InChI is InChI=1S/C14H14N4O/c1-9-7-13(18-17-9)15-12-8-10-5-3-4-6-11(10)14(16-12)19-2/h3-8H,1-2H3,(H2,15,16,17,18). The van der Waals surface area contributed by atoms with Crippen molar-refractivity contribution in [1.82, 2.24) is 15.2 Å². The molecule has 0 saturated carbocycles. The Hall–Kier alpha value is -2.56. The molecule has 0 radical (unpaired) electrons. The molecule has 0 aliphatic carbocycles. The second-order valence-electron chi connectivity index (χ2n) is 4.30. The van der Waals surface area contributed by atoms with E-state index < -0.39 is 0 Å². The van der Waals surface area contributed by atoms with Crippen LogP contribution in [0.3, 0.4) is 0 Å². The number of rotatable bonds is 3. The number of H-pyrrole nitrogens is 1. The number of nitrogens with one attached hydrogen (secondary N) is 2. The number of aromatic amines is 1. The molecule has 0 bridgehead atoms. The van der Waals surface area contributed by atoms with Crippen molar-refractivity contribution in [1.29, 1.82) is 0 Å². The van der Waals surface area contributed by atoms with E-state index in [1.165, 1.54) is 0 Å². The molecule has 0 aliphatic rings. The maximum atomic E-state index is 5.33. The van der Waals surface area contributed by atoms with Gasteiger partial charge in [-0.2, -0.15) is 10.1 Å². The lowest BCUT2D eigenvalue weighted by Crippen LogP contribution is -1.97. The van der Waals surface area contributed by atoms with Gasteiger partial charge in [0.2, 0.25) is 5.88 Å². The van der Waals surface area contributed by atoms with Crippen LogP contribution < -0.4 is 10.1 Å². The Kier molecular flexibility index (Phi) is 2.79. The minimum atomic E-state index is 0.604. The first-order valence-electron chi connectivity index (χ1n) is 5.99. The van der Waals surface area contributed by atoms with Gasteiger partial charge in [-0.25, -0.2) is 0 Å².